The number of methoxy groups -OCH3 is 1. The maximum absolute atomic E-state index is 9.55. The molecule has 0 bridgehead atoms. The summed E-state index contributed by atoms with van der Waals surface area (Å²) in [5.74, 6) is 0.821. The SMILES string of the molecule is COc1cccc(N2CCC(O)C2)c1CN.CP. The van der Waals surface area contributed by atoms with E-state index in [0.29, 0.717) is 13.1 Å². The summed E-state index contributed by atoms with van der Waals surface area (Å²) in [5, 5.41) is 9.55. The van der Waals surface area contributed by atoms with E-state index in [0.717, 1.165) is 30.0 Å². The number of aliphatic hydroxyl groups excluding tert-OH is 1. The lowest BCUT2D eigenvalue weighted by Gasteiger charge is -2.22. The Morgan fingerprint density at radius 2 is 2.22 bits per heavy atom. The second kappa shape index (κ2) is 7.57. The number of ether oxygens (including phenoxy) is 1. The van der Waals surface area contributed by atoms with Gasteiger partial charge in [-0.1, -0.05) is 12.7 Å². The molecule has 1 fully saturated rings. The lowest BCUT2D eigenvalue weighted by Crippen LogP contribution is -2.23. The number of hydrogen-bond acceptors (Lipinski definition) is 4. The van der Waals surface area contributed by atoms with Crippen molar-refractivity contribution in [3.8, 4) is 5.75 Å². The van der Waals surface area contributed by atoms with Crippen LogP contribution in [-0.4, -0.2) is 38.1 Å². The Morgan fingerprint density at radius 1 is 1.50 bits per heavy atom. The molecule has 1 aromatic carbocycles. The minimum absolute atomic E-state index is 0.225. The molecule has 0 aromatic heterocycles. The smallest absolute Gasteiger partial charge is 0.125 e. The second-order valence-electron chi connectivity index (χ2n) is 4.05. The summed E-state index contributed by atoms with van der Waals surface area (Å²) in [6.07, 6.45) is 0.595. The average Bonchev–Trinajstić information content (AvgIpc) is 2.86. The fraction of sp³-hybridized carbons (Fsp3) is 0.538. The van der Waals surface area contributed by atoms with Crippen LogP contribution in [0, 0.1) is 0 Å². The topological polar surface area (TPSA) is 58.7 Å². The van der Waals surface area contributed by atoms with Crippen LogP contribution in [0.4, 0.5) is 5.69 Å². The van der Waals surface area contributed by atoms with Gasteiger partial charge in [0.15, 0.2) is 0 Å². The first-order valence-corrected chi connectivity index (χ1v) is 7.28. The van der Waals surface area contributed by atoms with Gasteiger partial charge in [0.1, 0.15) is 5.75 Å². The molecule has 0 saturated carbocycles. The van der Waals surface area contributed by atoms with Gasteiger partial charge in [-0.2, -0.15) is 0 Å². The predicted molar refractivity (Wildman–Crippen MR) is 79.4 cm³/mol. The molecule has 1 aromatic rings. The van der Waals surface area contributed by atoms with Crippen molar-refractivity contribution in [2.75, 3.05) is 31.8 Å². The summed E-state index contributed by atoms with van der Waals surface area (Å²) in [5.41, 5.74) is 7.86. The second-order valence-corrected chi connectivity index (χ2v) is 4.05. The van der Waals surface area contributed by atoms with Crippen LogP contribution in [0.5, 0.6) is 5.75 Å². The summed E-state index contributed by atoms with van der Waals surface area (Å²) in [6.45, 7) is 3.92. The van der Waals surface area contributed by atoms with Crippen molar-refractivity contribution in [2.24, 2.45) is 5.73 Å². The largest absolute Gasteiger partial charge is 0.496 e. The van der Waals surface area contributed by atoms with Gasteiger partial charge in [0.25, 0.3) is 0 Å². The van der Waals surface area contributed by atoms with Gasteiger partial charge in [-0.3, -0.25) is 0 Å². The van der Waals surface area contributed by atoms with E-state index in [2.05, 4.69) is 14.1 Å². The number of anilines is 1. The minimum Gasteiger partial charge on any atom is -0.496 e. The standard InChI is InChI=1S/C12H18N2O2.CH5P/c1-16-12-4-2-3-11(10(12)7-13)14-6-5-9(15)8-14;1-2/h2-4,9,15H,5-8,13H2,1H3;2H2,1H3. The molecule has 0 radical (unpaired) electrons. The van der Waals surface area contributed by atoms with Crippen LogP contribution in [0.25, 0.3) is 0 Å². The highest BCUT2D eigenvalue weighted by Crippen LogP contribution is 2.30. The van der Waals surface area contributed by atoms with Crippen LogP contribution >= 0.6 is 9.24 Å². The molecule has 2 rings (SSSR count). The van der Waals surface area contributed by atoms with Crippen LogP contribution in [0.3, 0.4) is 0 Å². The number of rotatable bonds is 3. The van der Waals surface area contributed by atoms with Gasteiger partial charge in [0.2, 0.25) is 0 Å². The molecule has 1 aliphatic heterocycles. The third-order valence-corrected chi connectivity index (χ3v) is 3.04. The highest BCUT2D eigenvalue weighted by molar-refractivity contribution is 7.15. The average molecular weight is 270 g/mol. The molecule has 2 unspecified atom stereocenters. The zero-order valence-corrected chi connectivity index (χ0v) is 12.2. The fourth-order valence-electron chi connectivity index (χ4n) is 2.21. The first kappa shape index (κ1) is 15.2. The van der Waals surface area contributed by atoms with Crippen molar-refractivity contribution < 1.29 is 9.84 Å². The van der Waals surface area contributed by atoms with E-state index in [1.165, 1.54) is 0 Å². The molecule has 0 aliphatic carbocycles. The molecular formula is C13H23N2O2P. The number of β-amino-alcohol motifs (C(OH)–C–C–N with tert-alkyl or cyclic N) is 1. The normalized spacial score (nSPS) is 18.3. The van der Waals surface area contributed by atoms with Crippen molar-refractivity contribution in [1.29, 1.82) is 0 Å². The Kier molecular flexibility index (Phi) is 6.41. The molecule has 4 nitrogen and oxygen atoms in total. The molecule has 0 spiro atoms. The van der Waals surface area contributed by atoms with Gasteiger partial charge in [-0.15, -0.1) is 9.24 Å². The molecule has 0 amide bonds. The van der Waals surface area contributed by atoms with Crippen LogP contribution in [0.1, 0.15) is 12.0 Å². The Labute approximate surface area is 111 Å². The van der Waals surface area contributed by atoms with Crippen molar-refractivity contribution >= 4 is 14.9 Å². The van der Waals surface area contributed by atoms with E-state index >= 15 is 0 Å². The van der Waals surface area contributed by atoms with E-state index in [1.807, 2.05) is 24.9 Å². The van der Waals surface area contributed by atoms with E-state index in [1.54, 1.807) is 7.11 Å². The molecule has 1 saturated heterocycles. The predicted octanol–water partition coefficient (Wildman–Crippen LogP) is 1.22. The lowest BCUT2D eigenvalue weighted by atomic mass is 10.1. The summed E-state index contributed by atoms with van der Waals surface area (Å²) < 4.78 is 5.29. The highest BCUT2D eigenvalue weighted by atomic mass is 31.0. The van der Waals surface area contributed by atoms with E-state index in [4.69, 9.17) is 10.5 Å². The summed E-state index contributed by atoms with van der Waals surface area (Å²) >= 11 is 0. The van der Waals surface area contributed by atoms with Gasteiger partial charge >= 0.3 is 0 Å². The molecule has 5 heteroatoms. The van der Waals surface area contributed by atoms with Crippen LogP contribution in [-0.2, 0) is 6.54 Å². The van der Waals surface area contributed by atoms with Gasteiger partial charge in [-0.25, -0.2) is 0 Å². The molecule has 102 valence electrons. The molecule has 18 heavy (non-hydrogen) atoms. The van der Waals surface area contributed by atoms with Gasteiger partial charge in [0, 0.05) is 30.9 Å². The Hall–Kier alpha value is -0.830. The van der Waals surface area contributed by atoms with Gasteiger partial charge < -0.3 is 20.5 Å². The third kappa shape index (κ3) is 3.35. The Balaban J connectivity index is 0.000000771. The Morgan fingerprint density at radius 3 is 2.72 bits per heavy atom. The number of hydrogen-bond donors (Lipinski definition) is 2. The fourth-order valence-corrected chi connectivity index (χ4v) is 2.21. The third-order valence-electron chi connectivity index (χ3n) is 3.04. The molecule has 3 N–H and O–H groups in total. The van der Waals surface area contributed by atoms with E-state index in [9.17, 15) is 5.11 Å². The molecule has 1 heterocycles. The molecule has 1 aliphatic rings. The zero-order valence-electron chi connectivity index (χ0n) is 11.1. The van der Waals surface area contributed by atoms with Crippen molar-refractivity contribution in [3.05, 3.63) is 23.8 Å². The van der Waals surface area contributed by atoms with Crippen molar-refractivity contribution in [1.82, 2.24) is 0 Å². The number of nitrogens with two attached hydrogens (primary N) is 1. The van der Waals surface area contributed by atoms with Crippen LogP contribution in [0.2, 0.25) is 0 Å². The van der Waals surface area contributed by atoms with E-state index < -0.39 is 0 Å². The number of nitrogens with zero attached hydrogens (tertiary/aromatic N) is 1. The minimum atomic E-state index is -0.225. The zero-order chi connectivity index (χ0) is 13.5. The number of benzene rings is 1. The van der Waals surface area contributed by atoms with Gasteiger partial charge in [0.05, 0.1) is 13.2 Å². The van der Waals surface area contributed by atoms with Gasteiger partial charge in [-0.05, 0) is 18.6 Å². The monoisotopic (exact) mass is 270 g/mol. The van der Waals surface area contributed by atoms with Crippen LogP contribution < -0.4 is 15.4 Å². The lowest BCUT2D eigenvalue weighted by molar-refractivity contribution is 0.198. The van der Waals surface area contributed by atoms with Crippen molar-refractivity contribution in [2.45, 2.75) is 19.1 Å². The first-order valence-electron chi connectivity index (χ1n) is 6.13. The summed E-state index contributed by atoms with van der Waals surface area (Å²) in [4.78, 5) is 2.16. The quantitative estimate of drug-likeness (QED) is 0.811. The maximum Gasteiger partial charge on any atom is 0.125 e. The van der Waals surface area contributed by atoms with E-state index in [-0.39, 0.29) is 6.10 Å². The summed E-state index contributed by atoms with van der Waals surface area (Å²) in [6, 6.07) is 5.90. The Bertz CT molecular complexity index is 374. The molecule has 2 atom stereocenters. The maximum atomic E-state index is 9.55. The molecular weight excluding hydrogens is 247 g/mol. The van der Waals surface area contributed by atoms with Crippen molar-refractivity contribution in [3.63, 3.8) is 0 Å². The highest BCUT2D eigenvalue weighted by Gasteiger charge is 2.23. The summed E-state index contributed by atoms with van der Waals surface area (Å²) in [7, 11) is 4.07. The number of aliphatic hydroxyl groups is 1. The van der Waals surface area contributed by atoms with Crippen LogP contribution in [0.15, 0.2) is 18.2 Å². The first-order chi connectivity index (χ1) is 8.76.